The number of hydrogen-bond acceptors (Lipinski definition) is 4. The zero-order valence-electron chi connectivity index (χ0n) is 12.3. The molecule has 4 nitrogen and oxygen atoms in total. The average molecular weight is 399 g/mol. The Kier molecular flexibility index (Phi) is 5.61. The molecule has 0 spiro atoms. The molecule has 0 unspecified atom stereocenters. The molecule has 0 aromatic heterocycles. The number of carbonyl (C=O) groups is 2. The smallest absolute Gasteiger partial charge is 0.234 e. The van der Waals surface area contributed by atoms with Crippen molar-refractivity contribution in [2.75, 3.05) is 22.1 Å². The Bertz CT molecular complexity index is 815. The lowest BCUT2D eigenvalue weighted by molar-refractivity contribution is -0.114. The van der Waals surface area contributed by atoms with Crippen LogP contribution in [0.1, 0.15) is 0 Å². The summed E-state index contributed by atoms with van der Waals surface area (Å²) in [5, 5.41) is 6.75. The normalized spacial score (nSPS) is 13.2. The van der Waals surface area contributed by atoms with Crippen LogP contribution in [0.4, 0.5) is 11.4 Å². The summed E-state index contributed by atoms with van der Waals surface area (Å²) in [5.74, 6) is 0.418. The van der Waals surface area contributed by atoms with Gasteiger partial charge in [0.15, 0.2) is 0 Å². The number of benzene rings is 2. The Morgan fingerprint density at radius 2 is 2.08 bits per heavy atom. The van der Waals surface area contributed by atoms with Gasteiger partial charge in [0, 0.05) is 20.5 Å². The second kappa shape index (κ2) is 7.70. The molecule has 24 heavy (non-hydrogen) atoms. The summed E-state index contributed by atoms with van der Waals surface area (Å²) in [6.07, 6.45) is 0. The standard InChI is InChI=1S/C16H12Cl2N2O2S2/c17-9-1-3-11(18)14(5-9)24-7-15(21)19-10-2-4-13-12(6-10)20-16(22)8-23-13/h1-6H,7-8H2,(H,19,21)(H,20,22). The van der Waals surface area contributed by atoms with Crippen LogP contribution in [0, 0.1) is 0 Å². The molecule has 0 fully saturated rings. The van der Waals surface area contributed by atoms with Crippen LogP contribution >= 0.6 is 46.7 Å². The van der Waals surface area contributed by atoms with Gasteiger partial charge in [-0.25, -0.2) is 0 Å². The van der Waals surface area contributed by atoms with Crippen LogP contribution in [0.2, 0.25) is 10.0 Å². The van der Waals surface area contributed by atoms with E-state index in [9.17, 15) is 9.59 Å². The lowest BCUT2D eigenvalue weighted by Crippen LogP contribution is -2.19. The molecule has 2 aromatic carbocycles. The number of hydrogen-bond donors (Lipinski definition) is 2. The molecule has 1 aliphatic rings. The Labute approximate surface area is 157 Å². The molecule has 2 aromatic rings. The Morgan fingerprint density at radius 3 is 2.92 bits per heavy atom. The van der Waals surface area contributed by atoms with E-state index >= 15 is 0 Å². The van der Waals surface area contributed by atoms with Gasteiger partial charge in [-0.1, -0.05) is 23.2 Å². The first-order valence-electron chi connectivity index (χ1n) is 6.95. The molecule has 0 aliphatic carbocycles. The van der Waals surface area contributed by atoms with E-state index in [1.54, 1.807) is 24.3 Å². The van der Waals surface area contributed by atoms with Crippen LogP contribution in [0.5, 0.6) is 0 Å². The van der Waals surface area contributed by atoms with E-state index in [4.69, 9.17) is 23.2 Å². The molecular weight excluding hydrogens is 387 g/mol. The number of carbonyl (C=O) groups excluding carboxylic acids is 2. The number of anilines is 2. The van der Waals surface area contributed by atoms with Crippen molar-refractivity contribution >= 4 is 69.9 Å². The molecule has 1 heterocycles. The van der Waals surface area contributed by atoms with Gasteiger partial charge in [0.25, 0.3) is 0 Å². The van der Waals surface area contributed by atoms with Crippen molar-refractivity contribution < 1.29 is 9.59 Å². The fourth-order valence-corrected chi connectivity index (χ4v) is 4.17. The number of thioether (sulfide) groups is 2. The van der Waals surface area contributed by atoms with E-state index in [2.05, 4.69) is 10.6 Å². The minimum absolute atomic E-state index is 0.0397. The molecule has 0 atom stereocenters. The van der Waals surface area contributed by atoms with E-state index in [-0.39, 0.29) is 17.6 Å². The first kappa shape index (κ1) is 17.5. The molecule has 0 bridgehead atoms. The zero-order valence-corrected chi connectivity index (χ0v) is 15.4. The summed E-state index contributed by atoms with van der Waals surface area (Å²) >= 11 is 14.8. The summed E-state index contributed by atoms with van der Waals surface area (Å²) in [4.78, 5) is 25.3. The van der Waals surface area contributed by atoms with Crippen LogP contribution in [-0.4, -0.2) is 23.3 Å². The van der Waals surface area contributed by atoms with Gasteiger partial charge in [-0.2, -0.15) is 0 Å². The van der Waals surface area contributed by atoms with E-state index in [1.807, 2.05) is 12.1 Å². The first-order chi connectivity index (χ1) is 11.5. The van der Waals surface area contributed by atoms with E-state index in [0.717, 1.165) is 15.5 Å². The molecule has 8 heteroatoms. The van der Waals surface area contributed by atoms with Gasteiger partial charge in [-0.15, -0.1) is 23.5 Å². The van der Waals surface area contributed by atoms with Crippen molar-refractivity contribution in [3.05, 3.63) is 46.4 Å². The molecule has 0 radical (unpaired) electrons. The minimum atomic E-state index is -0.161. The van der Waals surface area contributed by atoms with Crippen LogP contribution < -0.4 is 10.6 Å². The number of rotatable bonds is 4. The highest BCUT2D eigenvalue weighted by Gasteiger charge is 2.16. The van der Waals surface area contributed by atoms with Gasteiger partial charge >= 0.3 is 0 Å². The van der Waals surface area contributed by atoms with Crippen molar-refractivity contribution in [2.45, 2.75) is 9.79 Å². The monoisotopic (exact) mass is 398 g/mol. The van der Waals surface area contributed by atoms with Crippen molar-refractivity contribution in [2.24, 2.45) is 0 Å². The largest absolute Gasteiger partial charge is 0.325 e. The SMILES string of the molecule is O=C(CSc1cc(Cl)ccc1Cl)Nc1ccc2c(c1)NC(=O)CS2. The minimum Gasteiger partial charge on any atom is -0.325 e. The Balaban J connectivity index is 1.62. The lowest BCUT2D eigenvalue weighted by atomic mass is 10.2. The van der Waals surface area contributed by atoms with Gasteiger partial charge < -0.3 is 10.6 Å². The van der Waals surface area contributed by atoms with E-state index in [1.165, 1.54) is 23.5 Å². The highest BCUT2D eigenvalue weighted by Crippen LogP contribution is 2.34. The number of nitrogens with one attached hydrogen (secondary N) is 2. The number of halogens is 2. The summed E-state index contributed by atoms with van der Waals surface area (Å²) in [7, 11) is 0. The van der Waals surface area contributed by atoms with Gasteiger partial charge in [0.05, 0.1) is 22.2 Å². The summed E-state index contributed by atoms with van der Waals surface area (Å²) in [5.41, 5.74) is 1.36. The zero-order chi connectivity index (χ0) is 17.1. The van der Waals surface area contributed by atoms with Gasteiger partial charge in [-0.3, -0.25) is 9.59 Å². The fourth-order valence-electron chi connectivity index (χ4n) is 2.09. The van der Waals surface area contributed by atoms with Crippen molar-refractivity contribution in [3.8, 4) is 0 Å². The van der Waals surface area contributed by atoms with E-state index < -0.39 is 0 Å². The molecule has 2 N–H and O–H groups in total. The molecule has 1 aliphatic heterocycles. The van der Waals surface area contributed by atoms with Crippen molar-refractivity contribution in [3.63, 3.8) is 0 Å². The number of fused-ring (bicyclic) bond motifs is 1. The molecule has 2 amide bonds. The third-order valence-corrected chi connectivity index (χ3v) is 5.95. The molecular formula is C16H12Cl2N2O2S2. The first-order valence-corrected chi connectivity index (χ1v) is 9.68. The maximum Gasteiger partial charge on any atom is 0.234 e. The second-order valence-electron chi connectivity index (χ2n) is 4.96. The van der Waals surface area contributed by atoms with Gasteiger partial charge in [-0.05, 0) is 36.4 Å². The topological polar surface area (TPSA) is 58.2 Å². The quantitative estimate of drug-likeness (QED) is 0.728. The maximum atomic E-state index is 12.1. The molecule has 124 valence electrons. The van der Waals surface area contributed by atoms with Gasteiger partial charge in [0.2, 0.25) is 11.8 Å². The van der Waals surface area contributed by atoms with Crippen molar-refractivity contribution in [1.82, 2.24) is 0 Å². The van der Waals surface area contributed by atoms with Crippen LogP contribution in [0.25, 0.3) is 0 Å². The average Bonchev–Trinajstić information content (AvgIpc) is 2.55. The fraction of sp³-hybridized carbons (Fsp3) is 0.125. The van der Waals surface area contributed by atoms with Crippen LogP contribution in [-0.2, 0) is 9.59 Å². The third-order valence-electron chi connectivity index (χ3n) is 3.15. The van der Waals surface area contributed by atoms with Crippen LogP contribution in [0.3, 0.4) is 0 Å². The highest BCUT2D eigenvalue weighted by molar-refractivity contribution is 8.00. The van der Waals surface area contributed by atoms with Crippen LogP contribution in [0.15, 0.2) is 46.2 Å². The molecule has 3 rings (SSSR count). The van der Waals surface area contributed by atoms with E-state index in [0.29, 0.717) is 21.5 Å². The Hall–Kier alpha value is -1.34. The molecule has 0 saturated heterocycles. The van der Waals surface area contributed by atoms with Gasteiger partial charge in [0.1, 0.15) is 0 Å². The second-order valence-corrected chi connectivity index (χ2v) is 7.84. The third kappa shape index (κ3) is 4.39. The highest BCUT2D eigenvalue weighted by atomic mass is 35.5. The lowest BCUT2D eigenvalue weighted by Gasteiger charge is -2.17. The summed E-state index contributed by atoms with van der Waals surface area (Å²) < 4.78 is 0. The van der Waals surface area contributed by atoms with Crippen molar-refractivity contribution in [1.29, 1.82) is 0 Å². The predicted octanol–water partition coefficient (Wildman–Crippen LogP) is 4.77. The molecule has 0 saturated carbocycles. The Morgan fingerprint density at radius 1 is 1.25 bits per heavy atom. The predicted molar refractivity (Wildman–Crippen MR) is 102 cm³/mol. The maximum absolute atomic E-state index is 12.1. The number of amides is 2. The summed E-state index contributed by atoms with van der Waals surface area (Å²) in [6.45, 7) is 0. The summed E-state index contributed by atoms with van der Waals surface area (Å²) in [6, 6.07) is 10.6.